The average Bonchev–Trinajstić information content (AvgIpc) is 3.02. The molecule has 1 aliphatic heterocycles. The van der Waals surface area contributed by atoms with Crippen molar-refractivity contribution in [3.63, 3.8) is 0 Å². The van der Waals surface area contributed by atoms with E-state index in [1.807, 2.05) is 19.1 Å². The van der Waals surface area contributed by atoms with Gasteiger partial charge in [-0.05, 0) is 26.0 Å². The highest BCUT2D eigenvalue weighted by atomic mass is 16.5. The Labute approximate surface area is 146 Å². The van der Waals surface area contributed by atoms with Gasteiger partial charge in [0.05, 0.1) is 24.8 Å². The van der Waals surface area contributed by atoms with Gasteiger partial charge in [0.15, 0.2) is 0 Å². The number of nitrogens with zero attached hydrogens (tertiary/aromatic N) is 1. The lowest BCUT2D eigenvalue weighted by Crippen LogP contribution is -2.31. The zero-order chi connectivity index (χ0) is 17.8. The first-order valence-electron chi connectivity index (χ1n) is 8.36. The number of benzene rings is 1. The van der Waals surface area contributed by atoms with E-state index in [1.54, 1.807) is 30.0 Å². The van der Waals surface area contributed by atoms with Gasteiger partial charge in [0.25, 0.3) is 5.91 Å². The Kier molecular flexibility index (Phi) is 5.07. The number of amides is 1. The van der Waals surface area contributed by atoms with Gasteiger partial charge in [-0.1, -0.05) is 12.1 Å². The first-order valence-corrected chi connectivity index (χ1v) is 8.36. The van der Waals surface area contributed by atoms with Crippen LogP contribution < -0.4 is 15.1 Å². The van der Waals surface area contributed by atoms with Crippen LogP contribution in [0.5, 0.6) is 11.5 Å². The van der Waals surface area contributed by atoms with Crippen molar-refractivity contribution in [2.75, 3.05) is 19.7 Å². The van der Waals surface area contributed by atoms with Crippen LogP contribution in [0.15, 0.2) is 45.6 Å². The summed E-state index contributed by atoms with van der Waals surface area (Å²) in [6, 6.07) is 10.2. The first kappa shape index (κ1) is 17.1. The van der Waals surface area contributed by atoms with Gasteiger partial charge < -0.3 is 18.8 Å². The molecule has 0 radical (unpaired) electrons. The fraction of sp³-hybridized carbons (Fsp3) is 0.368. The van der Waals surface area contributed by atoms with Crippen molar-refractivity contribution in [1.29, 1.82) is 0 Å². The maximum Gasteiger partial charge on any atom is 0.339 e. The van der Waals surface area contributed by atoms with Gasteiger partial charge in [0.2, 0.25) is 0 Å². The van der Waals surface area contributed by atoms with Crippen molar-refractivity contribution in [3.05, 3.63) is 58.1 Å². The zero-order valence-corrected chi connectivity index (χ0v) is 14.4. The molecule has 1 aliphatic rings. The van der Waals surface area contributed by atoms with Crippen molar-refractivity contribution in [3.8, 4) is 11.5 Å². The molecule has 6 nitrogen and oxygen atoms in total. The van der Waals surface area contributed by atoms with Crippen molar-refractivity contribution in [1.82, 2.24) is 4.90 Å². The van der Waals surface area contributed by atoms with Crippen LogP contribution in [0.2, 0.25) is 0 Å². The van der Waals surface area contributed by atoms with E-state index in [0.29, 0.717) is 48.9 Å². The second-order valence-electron chi connectivity index (χ2n) is 5.93. The standard InChI is InChI=1S/C19H21NO5/c1-3-23-17-7-5-4-6-16(17)19(22)20-9-8-14(12-20)25-15-10-13(2)24-18(21)11-15/h4-7,10-11,14H,3,8-9,12H2,1-2H3. The minimum atomic E-state index is -0.438. The van der Waals surface area contributed by atoms with E-state index >= 15 is 0 Å². The number of aryl methyl sites for hydroxylation is 1. The third kappa shape index (κ3) is 4.02. The van der Waals surface area contributed by atoms with E-state index < -0.39 is 5.63 Å². The summed E-state index contributed by atoms with van der Waals surface area (Å²) in [4.78, 5) is 25.9. The summed E-state index contributed by atoms with van der Waals surface area (Å²) in [7, 11) is 0. The van der Waals surface area contributed by atoms with Gasteiger partial charge in [-0.25, -0.2) is 4.79 Å². The minimum absolute atomic E-state index is 0.0705. The second-order valence-corrected chi connectivity index (χ2v) is 5.93. The number of likely N-dealkylation sites (tertiary alicyclic amines) is 1. The maximum absolute atomic E-state index is 12.8. The smallest absolute Gasteiger partial charge is 0.339 e. The Morgan fingerprint density at radius 1 is 1.32 bits per heavy atom. The summed E-state index contributed by atoms with van der Waals surface area (Å²) in [5, 5.41) is 0. The largest absolute Gasteiger partial charge is 0.493 e. The summed E-state index contributed by atoms with van der Waals surface area (Å²) in [5.74, 6) is 1.50. The zero-order valence-electron chi connectivity index (χ0n) is 14.4. The third-order valence-corrected chi connectivity index (χ3v) is 4.02. The van der Waals surface area contributed by atoms with E-state index in [1.165, 1.54) is 6.07 Å². The van der Waals surface area contributed by atoms with E-state index in [-0.39, 0.29) is 12.0 Å². The fourth-order valence-corrected chi connectivity index (χ4v) is 2.94. The van der Waals surface area contributed by atoms with Gasteiger partial charge in [-0.2, -0.15) is 0 Å². The lowest BCUT2D eigenvalue weighted by Gasteiger charge is -2.19. The molecule has 3 rings (SSSR count). The monoisotopic (exact) mass is 343 g/mol. The predicted molar refractivity (Wildman–Crippen MR) is 92.3 cm³/mol. The molecule has 2 heterocycles. The van der Waals surface area contributed by atoms with Crippen LogP contribution in [0, 0.1) is 6.92 Å². The molecule has 1 unspecified atom stereocenters. The van der Waals surface area contributed by atoms with Crippen LogP contribution in [0.3, 0.4) is 0 Å². The topological polar surface area (TPSA) is 69.0 Å². The van der Waals surface area contributed by atoms with Crippen LogP contribution >= 0.6 is 0 Å². The summed E-state index contributed by atoms with van der Waals surface area (Å²) >= 11 is 0. The summed E-state index contributed by atoms with van der Waals surface area (Å²) in [6.07, 6.45) is 0.561. The normalized spacial score (nSPS) is 16.7. The Morgan fingerprint density at radius 3 is 2.88 bits per heavy atom. The van der Waals surface area contributed by atoms with Gasteiger partial charge in [-0.3, -0.25) is 4.79 Å². The molecule has 1 saturated heterocycles. The molecule has 6 heteroatoms. The number of hydrogen-bond acceptors (Lipinski definition) is 5. The lowest BCUT2D eigenvalue weighted by molar-refractivity contribution is 0.0768. The van der Waals surface area contributed by atoms with Crippen LogP contribution in [0.1, 0.15) is 29.5 Å². The highest BCUT2D eigenvalue weighted by Crippen LogP contribution is 2.24. The fourth-order valence-electron chi connectivity index (χ4n) is 2.94. The lowest BCUT2D eigenvalue weighted by atomic mass is 10.2. The number of carbonyl (C=O) groups is 1. The molecule has 1 aromatic heterocycles. The van der Waals surface area contributed by atoms with Gasteiger partial charge in [-0.15, -0.1) is 0 Å². The molecule has 0 aliphatic carbocycles. The molecule has 0 N–H and O–H groups in total. The summed E-state index contributed by atoms with van der Waals surface area (Å²) in [6.45, 7) is 5.16. The molecule has 1 aromatic carbocycles. The first-order chi connectivity index (χ1) is 12.1. The quantitative estimate of drug-likeness (QED) is 0.835. The molecule has 132 valence electrons. The Morgan fingerprint density at radius 2 is 2.12 bits per heavy atom. The van der Waals surface area contributed by atoms with Gasteiger partial charge >= 0.3 is 5.63 Å². The highest BCUT2D eigenvalue weighted by molar-refractivity contribution is 5.97. The van der Waals surface area contributed by atoms with Crippen molar-refractivity contribution in [2.24, 2.45) is 0 Å². The molecule has 2 aromatic rings. The third-order valence-electron chi connectivity index (χ3n) is 4.02. The Hall–Kier alpha value is -2.76. The number of carbonyl (C=O) groups excluding carboxylic acids is 1. The van der Waals surface area contributed by atoms with Crippen molar-refractivity contribution in [2.45, 2.75) is 26.4 Å². The SMILES string of the molecule is CCOc1ccccc1C(=O)N1CCC(Oc2cc(C)oc(=O)c2)C1. The number of ether oxygens (including phenoxy) is 2. The summed E-state index contributed by atoms with van der Waals surface area (Å²) < 4.78 is 16.3. The molecular formula is C19H21NO5. The Balaban J connectivity index is 1.68. The van der Waals surface area contributed by atoms with Crippen LogP contribution in [0.4, 0.5) is 0 Å². The molecular weight excluding hydrogens is 322 g/mol. The van der Waals surface area contributed by atoms with Crippen LogP contribution in [-0.4, -0.2) is 36.6 Å². The van der Waals surface area contributed by atoms with E-state index in [2.05, 4.69) is 0 Å². The molecule has 25 heavy (non-hydrogen) atoms. The maximum atomic E-state index is 12.8. The minimum Gasteiger partial charge on any atom is -0.493 e. The number of hydrogen-bond donors (Lipinski definition) is 0. The molecule has 1 atom stereocenters. The van der Waals surface area contributed by atoms with Crippen molar-refractivity contribution < 1.29 is 18.7 Å². The predicted octanol–water partition coefficient (Wildman–Crippen LogP) is 2.64. The molecule has 1 amide bonds. The number of para-hydroxylation sites is 1. The van der Waals surface area contributed by atoms with E-state index in [9.17, 15) is 9.59 Å². The average molecular weight is 343 g/mol. The van der Waals surface area contributed by atoms with E-state index in [4.69, 9.17) is 13.9 Å². The summed E-state index contributed by atoms with van der Waals surface area (Å²) in [5.41, 5.74) is 0.118. The van der Waals surface area contributed by atoms with Gasteiger partial charge in [0, 0.05) is 19.0 Å². The van der Waals surface area contributed by atoms with Crippen LogP contribution in [0.25, 0.3) is 0 Å². The Bertz CT molecular complexity index is 813. The van der Waals surface area contributed by atoms with Crippen LogP contribution in [-0.2, 0) is 0 Å². The van der Waals surface area contributed by atoms with E-state index in [0.717, 1.165) is 0 Å². The highest BCUT2D eigenvalue weighted by Gasteiger charge is 2.29. The molecule has 1 fully saturated rings. The molecule has 0 saturated carbocycles. The number of rotatable bonds is 5. The van der Waals surface area contributed by atoms with Crippen molar-refractivity contribution >= 4 is 5.91 Å². The molecule has 0 bridgehead atoms. The van der Waals surface area contributed by atoms with Gasteiger partial charge in [0.1, 0.15) is 23.4 Å². The molecule has 0 spiro atoms. The second kappa shape index (κ2) is 7.42.